The normalized spacial score (nSPS) is 17.2. The van der Waals surface area contributed by atoms with E-state index in [1.54, 1.807) is 24.1 Å². The molecule has 0 N–H and O–H groups in total. The molecule has 0 radical (unpaired) electrons. The molecule has 0 saturated carbocycles. The van der Waals surface area contributed by atoms with Gasteiger partial charge in [0, 0.05) is 12.6 Å². The molecule has 1 saturated heterocycles. The van der Waals surface area contributed by atoms with E-state index in [1.807, 2.05) is 36.4 Å². The van der Waals surface area contributed by atoms with E-state index in [-0.39, 0.29) is 12.0 Å². The van der Waals surface area contributed by atoms with Crippen molar-refractivity contribution in [1.82, 2.24) is 4.90 Å². The molecule has 5 nitrogen and oxygen atoms in total. The fourth-order valence-electron chi connectivity index (χ4n) is 2.69. The smallest absolute Gasteiger partial charge is 0.255 e. The molecule has 1 atom stereocenters. The van der Waals surface area contributed by atoms with Crippen molar-refractivity contribution in [3.05, 3.63) is 59.1 Å². The van der Waals surface area contributed by atoms with Gasteiger partial charge in [0.05, 0.1) is 30.8 Å². The van der Waals surface area contributed by atoms with Crippen LogP contribution in [0.25, 0.3) is 0 Å². The lowest BCUT2D eigenvalue weighted by Crippen LogP contribution is -2.47. The van der Waals surface area contributed by atoms with E-state index in [2.05, 4.69) is 0 Å². The van der Waals surface area contributed by atoms with E-state index in [1.165, 1.54) is 0 Å². The fourth-order valence-corrected chi connectivity index (χ4v) is 2.91. The molecule has 6 heteroatoms. The molecule has 1 amide bonds. The molecule has 1 heterocycles. The molecule has 0 aromatic heterocycles. The molecular weight excluding hydrogens is 342 g/mol. The molecule has 0 aliphatic carbocycles. The molecule has 1 aliphatic rings. The van der Waals surface area contributed by atoms with Crippen LogP contribution in [0.3, 0.4) is 0 Å². The number of halogens is 1. The van der Waals surface area contributed by atoms with E-state index < -0.39 is 0 Å². The number of ether oxygens (including phenoxy) is 3. The minimum atomic E-state index is -0.189. The van der Waals surface area contributed by atoms with Crippen LogP contribution in [0.2, 0.25) is 5.02 Å². The second kappa shape index (κ2) is 8.23. The Kier molecular flexibility index (Phi) is 5.79. The van der Waals surface area contributed by atoms with Gasteiger partial charge in [-0.05, 0) is 24.3 Å². The van der Waals surface area contributed by atoms with E-state index in [0.29, 0.717) is 42.6 Å². The van der Waals surface area contributed by atoms with Crippen LogP contribution in [0.15, 0.2) is 48.5 Å². The summed E-state index contributed by atoms with van der Waals surface area (Å²) in [6.07, 6.45) is -0.189. The predicted octanol–water partition coefficient (Wildman–Crippen LogP) is 3.27. The first-order valence-electron chi connectivity index (χ1n) is 8.09. The van der Waals surface area contributed by atoms with Crippen LogP contribution in [-0.4, -0.2) is 50.3 Å². The van der Waals surface area contributed by atoms with E-state index >= 15 is 0 Å². The summed E-state index contributed by atoms with van der Waals surface area (Å²) in [6, 6.07) is 14.5. The van der Waals surface area contributed by atoms with Crippen molar-refractivity contribution in [2.24, 2.45) is 0 Å². The highest BCUT2D eigenvalue weighted by atomic mass is 35.5. The second-order valence-corrected chi connectivity index (χ2v) is 6.12. The highest BCUT2D eigenvalue weighted by Gasteiger charge is 2.26. The number of carbonyl (C=O) groups is 1. The Morgan fingerprint density at radius 1 is 1.24 bits per heavy atom. The Balaban J connectivity index is 1.59. The number of morpholine rings is 1. The van der Waals surface area contributed by atoms with E-state index in [0.717, 1.165) is 5.75 Å². The van der Waals surface area contributed by atoms with Crippen molar-refractivity contribution in [2.75, 3.05) is 33.4 Å². The SMILES string of the molecule is COc1cccc(OC[C@H]2CN(C(=O)c3ccccc3Cl)CCO2)c1. The summed E-state index contributed by atoms with van der Waals surface area (Å²) in [5.74, 6) is 1.36. The summed E-state index contributed by atoms with van der Waals surface area (Å²) in [5, 5.41) is 0.461. The van der Waals surface area contributed by atoms with Gasteiger partial charge in [-0.2, -0.15) is 0 Å². The lowest BCUT2D eigenvalue weighted by molar-refractivity contribution is -0.0401. The van der Waals surface area contributed by atoms with Crippen LogP contribution in [-0.2, 0) is 4.74 Å². The van der Waals surface area contributed by atoms with Gasteiger partial charge in [0.15, 0.2) is 0 Å². The minimum absolute atomic E-state index is 0.0831. The number of hydrogen-bond acceptors (Lipinski definition) is 4. The van der Waals surface area contributed by atoms with Gasteiger partial charge in [0.2, 0.25) is 0 Å². The Hall–Kier alpha value is -2.24. The van der Waals surface area contributed by atoms with Gasteiger partial charge in [-0.3, -0.25) is 4.79 Å². The van der Waals surface area contributed by atoms with Gasteiger partial charge in [-0.25, -0.2) is 0 Å². The molecule has 25 heavy (non-hydrogen) atoms. The first-order chi connectivity index (χ1) is 12.2. The number of rotatable bonds is 5. The zero-order valence-corrected chi connectivity index (χ0v) is 14.7. The number of amides is 1. The molecule has 1 fully saturated rings. The average molecular weight is 362 g/mol. The third kappa shape index (κ3) is 4.44. The first-order valence-corrected chi connectivity index (χ1v) is 8.47. The maximum Gasteiger partial charge on any atom is 0.255 e. The highest BCUT2D eigenvalue weighted by Crippen LogP contribution is 2.21. The monoisotopic (exact) mass is 361 g/mol. The zero-order valence-electron chi connectivity index (χ0n) is 14.0. The summed E-state index contributed by atoms with van der Waals surface area (Å²) in [7, 11) is 1.61. The van der Waals surface area contributed by atoms with Crippen molar-refractivity contribution in [1.29, 1.82) is 0 Å². The Morgan fingerprint density at radius 3 is 2.84 bits per heavy atom. The molecule has 132 valence electrons. The molecule has 2 aromatic rings. The summed E-state index contributed by atoms with van der Waals surface area (Å²) in [5.41, 5.74) is 0.513. The van der Waals surface area contributed by atoms with Crippen LogP contribution in [0.1, 0.15) is 10.4 Å². The third-order valence-corrected chi connectivity index (χ3v) is 4.34. The second-order valence-electron chi connectivity index (χ2n) is 5.71. The van der Waals surface area contributed by atoms with Crippen LogP contribution >= 0.6 is 11.6 Å². The Morgan fingerprint density at radius 2 is 2.04 bits per heavy atom. The van der Waals surface area contributed by atoms with Gasteiger partial charge in [0.25, 0.3) is 5.91 Å². The molecule has 1 aliphatic heterocycles. The van der Waals surface area contributed by atoms with Gasteiger partial charge < -0.3 is 19.1 Å². The average Bonchev–Trinajstić information content (AvgIpc) is 2.66. The van der Waals surface area contributed by atoms with Crippen molar-refractivity contribution >= 4 is 17.5 Å². The Labute approximate surface area is 152 Å². The maximum absolute atomic E-state index is 12.7. The van der Waals surface area contributed by atoms with Gasteiger partial charge >= 0.3 is 0 Å². The number of benzene rings is 2. The van der Waals surface area contributed by atoms with Crippen LogP contribution < -0.4 is 9.47 Å². The minimum Gasteiger partial charge on any atom is -0.497 e. The first kappa shape index (κ1) is 17.6. The van der Waals surface area contributed by atoms with Gasteiger partial charge in [0.1, 0.15) is 24.2 Å². The fraction of sp³-hybridized carbons (Fsp3) is 0.316. The van der Waals surface area contributed by atoms with Crippen LogP contribution in [0.5, 0.6) is 11.5 Å². The van der Waals surface area contributed by atoms with Crippen molar-refractivity contribution in [2.45, 2.75) is 6.10 Å². The van der Waals surface area contributed by atoms with Crippen molar-refractivity contribution in [3.63, 3.8) is 0 Å². The molecular formula is C19H20ClNO4. The molecule has 3 rings (SSSR count). The largest absolute Gasteiger partial charge is 0.497 e. The summed E-state index contributed by atoms with van der Waals surface area (Å²) in [4.78, 5) is 14.4. The molecule has 2 aromatic carbocycles. The lowest BCUT2D eigenvalue weighted by atomic mass is 10.1. The lowest BCUT2D eigenvalue weighted by Gasteiger charge is -2.33. The van der Waals surface area contributed by atoms with E-state index in [4.69, 9.17) is 25.8 Å². The molecule has 0 bridgehead atoms. The molecule has 0 spiro atoms. The van der Waals surface area contributed by atoms with Crippen LogP contribution in [0.4, 0.5) is 0 Å². The van der Waals surface area contributed by atoms with E-state index in [9.17, 15) is 4.79 Å². The van der Waals surface area contributed by atoms with Crippen LogP contribution in [0, 0.1) is 0 Å². The zero-order chi connectivity index (χ0) is 17.6. The quantitative estimate of drug-likeness (QED) is 0.820. The standard InChI is InChI=1S/C19H20ClNO4/c1-23-14-5-4-6-15(11-14)25-13-16-12-21(9-10-24-16)19(22)17-7-2-3-8-18(17)20/h2-8,11,16H,9-10,12-13H2,1H3/t16-/m1/s1. The highest BCUT2D eigenvalue weighted by molar-refractivity contribution is 6.33. The predicted molar refractivity (Wildman–Crippen MR) is 95.6 cm³/mol. The molecule has 0 unspecified atom stereocenters. The number of hydrogen-bond donors (Lipinski definition) is 0. The maximum atomic E-state index is 12.7. The third-order valence-electron chi connectivity index (χ3n) is 4.01. The van der Waals surface area contributed by atoms with Gasteiger partial charge in [-0.15, -0.1) is 0 Å². The number of methoxy groups -OCH3 is 1. The number of nitrogens with zero attached hydrogens (tertiary/aromatic N) is 1. The van der Waals surface area contributed by atoms with Gasteiger partial charge in [-0.1, -0.05) is 29.8 Å². The van der Waals surface area contributed by atoms with Crippen molar-refractivity contribution in [3.8, 4) is 11.5 Å². The Bertz CT molecular complexity index is 737. The van der Waals surface area contributed by atoms with Crippen molar-refractivity contribution < 1.29 is 19.0 Å². The topological polar surface area (TPSA) is 48.0 Å². The summed E-state index contributed by atoms with van der Waals surface area (Å²) in [6.45, 7) is 1.84. The number of carbonyl (C=O) groups excluding carboxylic acids is 1. The summed E-state index contributed by atoms with van der Waals surface area (Å²) < 4.78 is 16.7. The summed E-state index contributed by atoms with van der Waals surface area (Å²) >= 11 is 6.13.